The standard InChI is InChI=1S/C25H23ClFNO6S/c1-14(25(33)34-2)35-21-13-20(19(27)12-18(21)26)28(22(29)15-8-4-3-5-9-15)23(30)16-10-6-7-11-17(16)24(31)32/h3-5,8-9,12-14H,6-7,10-11H2,1-2H3,(H,31,32). The first-order chi connectivity index (χ1) is 16.6. The zero-order valence-electron chi connectivity index (χ0n) is 19.0. The van der Waals surface area contributed by atoms with Crippen LogP contribution in [0.5, 0.6) is 0 Å². The molecule has 184 valence electrons. The lowest BCUT2D eigenvalue weighted by Crippen LogP contribution is -2.40. The molecular formula is C25H23ClFNO6S. The number of imide groups is 1. The maximum absolute atomic E-state index is 15.2. The molecule has 1 aliphatic rings. The molecule has 1 unspecified atom stereocenters. The van der Waals surface area contributed by atoms with Gasteiger partial charge in [-0.25, -0.2) is 14.1 Å². The number of carboxylic acids is 1. The van der Waals surface area contributed by atoms with Crippen LogP contribution in [0.3, 0.4) is 0 Å². The molecule has 2 amide bonds. The number of halogens is 2. The van der Waals surface area contributed by atoms with Gasteiger partial charge in [-0.15, -0.1) is 11.8 Å². The Labute approximate surface area is 210 Å². The Morgan fingerprint density at radius 3 is 2.29 bits per heavy atom. The third-order valence-electron chi connectivity index (χ3n) is 5.49. The molecule has 2 aromatic carbocycles. The van der Waals surface area contributed by atoms with E-state index in [0.29, 0.717) is 17.7 Å². The van der Waals surface area contributed by atoms with Crippen LogP contribution < -0.4 is 4.90 Å². The zero-order chi connectivity index (χ0) is 25.7. The Balaban J connectivity index is 2.17. The van der Waals surface area contributed by atoms with Crippen molar-refractivity contribution in [2.45, 2.75) is 42.8 Å². The molecule has 1 N–H and O–H groups in total. The van der Waals surface area contributed by atoms with E-state index in [1.165, 1.54) is 25.3 Å². The molecule has 0 bridgehead atoms. The van der Waals surface area contributed by atoms with Gasteiger partial charge in [-0.1, -0.05) is 29.8 Å². The number of carbonyl (C=O) groups excluding carboxylic acids is 3. The van der Waals surface area contributed by atoms with Gasteiger partial charge in [-0.3, -0.25) is 14.4 Å². The number of carbonyl (C=O) groups is 4. The van der Waals surface area contributed by atoms with Crippen LogP contribution in [-0.2, 0) is 19.1 Å². The van der Waals surface area contributed by atoms with Gasteiger partial charge in [0.25, 0.3) is 11.8 Å². The number of methoxy groups -OCH3 is 1. The molecule has 0 saturated carbocycles. The van der Waals surface area contributed by atoms with Crippen molar-refractivity contribution in [3.63, 3.8) is 0 Å². The lowest BCUT2D eigenvalue weighted by atomic mass is 9.90. The van der Waals surface area contributed by atoms with Crippen LogP contribution in [0.25, 0.3) is 0 Å². The van der Waals surface area contributed by atoms with Gasteiger partial charge < -0.3 is 9.84 Å². The van der Waals surface area contributed by atoms with Crippen LogP contribution in [0.1, 0.15) is 43.0 Å². The van der Waals surface area contributed by atoms with E-state index in [2.05, 4.69) is 0 Å². The quantitative estimate of drug-likeness (QED) is 0.302. The molecule has 0 aromatic heterocycles. The van der Waals surface area contributed by atoms with Crippen LogP contribution in [-0.4, -0.2) is 41.2 Å². The van der Waals surface area contributed by atoms with E-state index in [-0.39, 0.29) is 39.5 Å². The normalized spacial score (nSPS) is 14.3. The lowest BCUT2D eigenvalue weighted by molar-refractivity contribution is -0.139. The van der Waals surface area contributed by atoms with Gasteiger partial charge in [0.2, 0.25) is 0 Å². The van der Waals surface area contributed by atoms with E-state index in [4.69, 9.17) is 16.3 Å². The molecule has 1 aliphatic carbocycles. The Kier molecular flexibility index (Phi) is 8.69. The lowest BCUT2D eigenvalue weighted by Gasteiger charge is -2.26. The Morgan fingerprint density at radius 1 is 1.06 bits per heavy atom. The first-order valence-corrected chi connectivity index (χ1v) is 12.0. The second-order valence-corrected chi connectivity index (χ2v) is 9.59. The summed E-state index contributed by atoms with van der Waals surface area (Å²) in [5.41, 5.74) is -0.411. The molecular weight excluding hydrogens is 497 g/mol. The molecule has 0 aliphatic heterocycles. The van der Waals surface area contributed by atoms with Crippen molar-refractivity contribution in [2.75, 3.05) is 12.0 Å². The number of nitrogens with zero attached hydrogens (tertiary/aromatic N) is 1. The van der Waals surface area contributed by atoms with Gasteiger partial charge in [0.15, 0.2) is 0 Å². The highest BCUT2D eigenvalue weighted by atomic mass is 35.5. The van der Waals surface area contributed by atoms with E-state index in [0.717, 1.165) is 17.8 Å². The number of amides is 2. The van der Waals surface area contributed by atoms with Crippen molar-refractivity contribution < 1.29 is 33.4 Å². The van der Waals surface area contributed by atoms with Crippen molar-refractivity contribution in [1.82, 2.24) is 0 Å². The fraction of sp³-hybridized carbons (Fsp3) is 0.280. The molecule has 0 heterocycles. The monoisotopic (exact) mass is 519 g/mol. The van der Waals surface area contributed by atoms with Gasteiger partial charge in [0, 0.05) is 21.6 Å². The summed E-state index contributed by atoms with van der Waals surface area (Å²) in [5.74, 6) is -4.47. The van der Waals surface area contributed by atoms with Crippen molar-refractivity contribution >= 4 is 52.8 Å². The van der Waals surface area contributed by atoms with Crippen molar-refractivity contribution in [3.05, 3.63) is 70.0 Å². The van der Waals surface area contributed by atoms with Gasteiger partial charge in [0.05, 0.1) is 17.8 Å². The first kappa shape index (κ1) is 26.4. The van der Waals surface area contributed by atoms with Crippen LogP contribution in [0.15, 0.2) is 58.5 Å². The third kappa shape index (κ3) is 5.91. The number of rotatable bonds is 7. The number of carboxylic acid groups (broad SMARTS) is 1. The molecule has 35 heavy (non-hydrogen) atoms. The fourth-order valence-corrected chi connectivity index (χ4v) is 4.93. The van der Waals surface area contributed by atoms with Crippen LogP contribution in [0, 0.1) is 5.82 Å². The number of anilines is 1. The summed E-state index contributed by atoms with van der Waals surface area (Å²) >= 11 is 7.17. The minimum Gasteiger partial charge on any atom is -0.478 e. The highest BCUT2D eigenvalue weighted by Gasteiger charge is 2.34. The van der Waals surface area contributed by atoms with E-state index in [1.807, 2.05) is 0 Å². The maximum atomic E-state index is 15.2. The number of ether oxygens (including phenoxy) is 1. The number of hydrogen-bond acceptors (Lipinski definition) is 6. The fourth-order valence-electron chi connectivity index (χ4n) is 3.72. The highest BCUT2D eigenvalue weighted by molar-refractivity contribution is 8.00. The van der Waals surface area contributed by atoms with Crippen LogP contribution in [0.4, 0.5) is 10.1 Å². The van der Waals surface area contributed by atoms with E-state index in [9.17, 15) is 24.3 Å². The average molecular weight is 520 g/mol. The largest absolute Gasteiger partial charge is 0.478 e. The van der Waals surface area contributed by atoms with E-state index in [1.54, 1.807) is 25.1 Å². The summed E-state index contributed by atoms with van der Waals surface area (Å²) in [6, 6.07) is 9.98. The Bertz CT molecular complexity index is 1200. The number of thioether (sulfide) groups is 1. The Hall–Kier alpha value is -3.17. The first-order valence-electron chi connectivity index (χ1n) is 10.8. The molecule has 2 aromatic rings. The molecule has 1 atom stereocenters. The topological polar surface area (TPSA) is 101 Å². The molecule has 3 rings (SSSR count). The highest BCUT2D eigenvalue weighted by Crippen LogP contribution is 2.38. The minimum atomic E-state index is -1.25. The average Bonchev–Trinajstić information content (AvgIpc) is 2.86. The number of aliphatic carboxylic acids is 1. The van der Waals surface area contributed by atoms with Gasteiger partial charge in [0.1, 0.15) is 11.1 Å². The van der Waals surface area contributed by atoms with Gasteiger partial charge in [-0.2, -0.15) is 0 Å². The SMILES string of the molecule is COC(=O)C(C)Sc1cc(N(C(=O)C2=C(C(=O)O)CCCC2)C(=O)c2ccccc2)c(F)cc1Cl. The van der Waals surface area contributed by atoms with Gasteiger partial charge in [-0.05, 0) is 56.9 Å². The molecule has 0 saturated heterocycles. The maximum Gasteiger partial charge on any atom is 0.332 e. The summed E-state index contributed by atoms with van der Waals surface area (Å²) in [7, 11) is 1.23. The van der Waals surface area contributed by atoms with E-state index >= 15 is 4.39 Å². The molecule has 10 heteroatoms. The van der Waals surface area contributed by atoms with Crippen LogP contribution >= 0.6 is 23.4 Å². The summed E-state index contributed by atoms with van der Waals surface area (Å²) in [6.45, 7) is 1.57. The molecule has 0 radical (unpaired) electrons. The third-order valence-corrected chi connectivity index (χ3v) is 7.05. The molecule has 0 fully saturated rings. The summed E-state index contributed by atoms with van der Waals surface area (Å²) < 4.78 is 20.0. The van der Waals surface area contributed by atoms with Crippen LogP contribution in [0.2, 0.25) is 5.02 Å². The van der Waals surface area contributed by atoms with Crippen molar-refractivity contribution in [3.8, 4) is 0 Å². The second kappa shape index (κ2) is 11.5. The van der Waals surface area contributed by atoms with Crippen molar-refractivity contribution in [1.29, 1.82) is 0 Å². The molecule has 7 nitrogen and oxygen atoms in total. The predicted octanol–water partition coefficient (Wildman–Crippen LogP) is 5.26. The smallest absolute Gasteiger partial charge is 0.332 e. The summed E-state index contributed by atoms with van der Waals surface area (Å²) in [5, 5.41) is 8.90. The Morgan fingerprint density at radius 2 is 1.69 bits per heavy atom. The predicted molar refractivity (Wildman–Crippen MR) is 130 cm³/mol. The molecule has 0 spiro atoms. The summed E-state index contributed by atoms with van der Waals surface area (Å²) in [6.07, 6.45) is 1.47. The number of benzene rings is 2. The van der Waals surface area contributed by atoms with Gasteiger partial charge >= 0.3 is 11.9 Å². The number of hydrogen-bond donors (Lipinski definition) is 1. The van der Waals surface area contributed by atoms with E-state index < -0.39 is 40.5 Å². The number of esters is 1. The minimum absolute atomic E-state index is 0.0188. The zero-order valence-corrected chi connectivity index (χ0v) is 20.6. The van der Waals surface area contributed by atoms with Crippen molar-refractivity contribution in [2.24, 2.45) is 0 Å². The second-order valence-electron chi connectivity index (χ2n) is 7.80. The summed E-state index contributed by atoms with van der Waals surface area (Å²) in [4.78, 5) is 51.7.